The highest BCUT2D eigenvalue weighted by Gasteiger charge is 2.13. The van der Waals surface area contributed by atoms with Crippen molar-refractivity contribution in [1.82, 2.24) is 5.32 Å². The van der Waals surface area contributed by atoms with Crippen molar-refractivity contribution in [2.75, 3.05) is 0 Å². The zero-order valence-corrected chi connectivity index (χ0v) is 10.8. The maximum Gasteiger partial charge on any atom is 0.220 e. The lowest BCUT2D eigenvalue weighted by Gasteiger charge is -2.13. The summed E-state index contributed by atoms with van der Waals surface area (Å²) in [6.45, 7) is 5.61. The van der Waals surface area contributed by atoms with E-state index in [9.17, 15) is 9.59 Å². The van der Waals surface area contributed by atoms with Crippen molar-refractivity contribution >= 4 is 11.7 Å². The number of unbranched alkanes of at least 4 members (excludes halogenated alkanes) is 4. The molecule has 0 aromatic heterocycles. The molecule has 0 saturated heterocycles. The Balaban J connectivity index is 3.61. The maximum absolute atomic E-state index is 11.5. The molecule has 0 radical (unpaired) electrons. The van der Waals surface area contributed by atoms with Gasteiger partial charge in [0.1, 0.15) is 0 Å². The second-order valence-corrected chi connectivity index (χ2v) is 4.30. The van der Waals surface area contributed by atoms with E-state index in [0.717, 1.165) is 12.8 Å². The van der Waals surface area contributed by atoms with Gasteiger partial charge in [0, 0.05) is 6.42 Å². The predicted octanol–water partition coefficient (Wildman–Crippen LogP) is 2.83. The average molecular weight is 227 g/mol. The third kappa shape index (κ3) is 7.43. The normalized spacial score (nSPS) is 12.2. The highest BCUT2D eigenvalue weighted by molar-refractivity contribution is 5.87. The van der Waals surface area contributed by atoms with E-state index in [1.54, 1.807) is 0 Å². The monoisotopic (exact) mass is 227 g/mol. The van der Waals surface area contributed by atoms with Crippen molar-refractivity contribution in [3.63, 3.8) is 0 Å². The Morgan fingerprint density at radius 3 is 2.19 bits per heavy atom. The minimum absolute atomic E-state index is 0.0125. The third-order valence-electron chi connectivity index (χ3n) is 2.74. The van der Waals surface area contributed by atoms with E-state index in [-0.39, 0.29) is 17.7 Å². The van der Waals surface area contributed by atoms with Gasteiger partial charge in [0.2, 0.25) is 5.91 Å². The van der Waals surface area contributed by atoms with Crippen LogP contribution in [-0.2, 0) is 9.59 Å². The van der Waals surface area contributed by atoms with Crippen LogP contribution in [0.2, 0.25) is 0 Å². The van der Waals surface area contributed by atoms with Gasteiger partial charge in [-0.3, -0.25) is 9.59 Å². The van der Waals surface area contributed by atoms with Gasteiger partial charge < -0.3 is 5.32 Å². The van der Waals surface area contributed by atoms with Crippen LogP contribution in [0.25, 0.3) is 0 Å². The Hall–Kier alpha value is -0.860. The van der Waals surface area contributed by atoms with Gasteiger partial charge in [-0.15, -0.1) is 0 Å². The standard InChI is InChI=1S/C13H25NO2/c1-4-6-7-8-9-10-13(16)14-12(5-2)11(3)15/h12H,4-10H2,1-3H3,(H,14,16). The van der Waals surface area contributed by atoms with Gasteiger partial charge >= 0.3 is 0 Å². The number of ketones is 1. The molecule has 0 aromatic carbocycles. The molecular formula is C13H25NO2. The SMILES string of the molecule is CCCCCCCC(=O)NC(CC)C(C)=O. The molecule has 0 heterocycles. The zero-order valence-electron chi connectivity index (χ0n) is 10.8. The summed E-state index contributed by atoms with van der Waals surface area (Å²) in [6, 6.07) is -0.289. The second-order valence-electron chi connectivity index (χ2n) is 4.30. The molecular weight excluding hydrogens is 202 g/mol. The molecule has 16 heavy (non-hydrogen) atoms. The zero-order chi connectivity index (χ0) is 12.4. The van der Waals surface area contributed by atoms with Crippen LogP contribution >= 0.6 is 0 Å². The number of amides is 1. The third-order valence-corrected chi connectivity index (χ3v) is 2.74. The van der Waals surface area contributed by atoms with Gasteiger partial charge in [0.05, 0.1) is 6.04 Å². The van der Waals surface area contributed by atoms with Crippen LogP contribution < -0.4 is 5.32 Å². The van der Waals surface area contributed by atoms with Crippen molar-refractivity contribution in [3.8, 4) is 0 Å². The highest BCUT2D eigenvalue weighted by atomic mass is 16.2. The van der Waals surface area contributed by atoms with Gasteiger partial charge in [-0.1, -0.05) is 39.5 Å². The van der Waals surface area contributed by atoms with E-state index in [4.69, 9.17) is 0 Å². The molecule has 0 aliphatic heterocycles. The van der Waals surface area contributed by atoms with Crippen LogP contribution in [0.3, 0.4) is 0 Å². The topological polar surface area (TPSA) is 46.2 Å². The largest absolute Gasteiger partial charge is 0.346 e. The molecule has 3 nitrogen and oxygen atoms in total. The molecule has 1 amide bonds. The first-order chi connectivity index (χ1) is 7.61. The Labute approximate surface area is 99.0 Å². The number of carbonyl (C=O) groups excluding carboxylic acids is 2. The smallest absolute Gasteiger partial charge is 0.220 e. The van der Waals surface area contributed by atoms with E-state index in [0.29, 0.717) is 12.8 Å². The minimum atomic E-state index is -0.289. The number of nitrogens with one attached hydrogen (secondary N) is 1. The second kappa shape index (κ2) is 9.37. The Morgan fingerprint density at radius 1 is 1.06 bits per heavy atom. The van der Waals surface area contributed by atoms with Crippen LogP contribution in [0.4, 0.5) is 0 Å². The summed E-state index contributed by atoms with van der Waals surface area (Å²) in [6.07, 6.45) is 6.93. The average Bonchev–Trinajstić information content (AvgIpc) is 2.25. The molecule has 1 atom stereocenters. The molecule has 0 aliphatic rings. The molecule has 94 valence electrons. The van der Waals surface area contributed by atoms with Gasteiger partial charge in [0.15, 0.2) is 5.78 Å². The number of rotatable bonds is 9. The van der Waals surface area contributed by atoms with Gasteiger partial charge in [-0.2, -0.15) is 0 Å². The van der Waals surface area contributed by atoms with Crippen LogP contribution in [-0.4, -0.2) is 17.7 Å². The van der Waals surface area contributed by atoms with Crippen molar-refractivity contribution < 1.29 is 9.59 Å². The summed E-state index contributed by atoms with van der Waals surface area (Å²) < 4.78 is 0. The lowest BCUT2D eigenvalue weighted by molar-refractivity contribution is -0.127. The lowest BCUT2D eigenvalue weighted by atomic mass is 10.1. The van der Waals surface area contributed by atoms with Crippen LogP contribution in [0.15, 0.2) is 0 Å². The van der Waals surface area contributed by atoms with E-state index in [2.05, 4.69) is 12.2 Å². The summed E-state index contributed by atoms with van der Waals surface area (Å²) in [5.74, 6) is 0.0559. The number of carbonyl (C=O) groups is 2. The fraction of sp³-hybridized carbons (Fsp3) is 0.846. The first-order valence-corrected chi connectivity index (χ1v) is 6.41. The lowest BCUT2D eigenvalue weighted by Crippen LogP contribution is -2.39. The maximum atomic E-state index is 11.5. The number of hydrogen-bond donors (Lipinski definition) is 1. The predicted molar refractivity (Wildman–Crippen MR) is 66.3 cm³/mol. The van der Waals surface area contributed by atoms with Crippen LogP contribution in [0, 0.1) is 0 Å². The molecule has 0 aromatic rings. The van der Waals surface area contributed by atoms with Crippen molar-refractivity contribution in [2.45, 2.75) is 71.8 Å². The van der Waals surface area contributed by atoms with Gasteiger partial charge in [0.25, 0.3) is 0 Å². The van der Waals surface area contributed by atoms with E-state index >= 15 is 0 Å². The van der Waals surface area contributed by atoms with Crippen molar-refractivity contribution in [1.29, 1.82) is 0 Å². The molecule has 0 saturated carbocycles. The summed E-state index contributed by atoms with van der Waals surface area (Å²) in [7, 11) is 0. The first-order valence-electron chi connectivity index (χ1n) is 6.41. The van der Waals surface area contributed by atoms with E-state index in [1.807, 2.05) is 6.92 Å². The Morgan fingerprint density at radius 2 is 1.69 bits per heavy atom. The summed E-state index contributed by atoms with van der Waals surface area (Å²) in [5.41, 5.74) is 0. The van der Waals surface area contributed by atoms with E-state index < -0.39 is 0 Å². The number of hydrogen-bond acceptors (Lipinski definition) is 2. The molecule has 1 unspecified atom stereocenters. The van der Waals surface area contributed by atoms with Crippen molar-refractivity contribution in [2.24, 2.45) is 0 Å². The highest BCUT2D eigenvalue weighted by Crippen LogP contribution is 2.05. The number of Topliss-reactive ketones (excluding diaryl/α,β-unsaturated/α-hetero) is 1. The Bertz CT molecular complexity index is 214. The Kier molecular flexibility index (Phi) is 8.87. The summed E-state index contributed by atoms with van der Waals surface area (Å²) in [5, 5.41) is 2.77. The fourth-order valence-electron chi connectivity index (χ4n) is 1.65. The summed E-state index contributed by atoms with van der Waals surface area (Å²) >= 11 is 0. The van der Waals surface area contributed by atoms with Gasteiger partial charge in [-0.05, 0) is 19.8 Å². The molecule has 0 aliphatic carbocycles. The molecule has 0 rings (SSSR count). The molecule has 0 fully saturated rings. The van der Waals surface area contributed by atoms with E-state index in [1.165, 1.54) is 26.2 Å². The summed E-state index contributed by atoms with van der Waals surface area (Å²) in [4.78, 5) is 22.6. The first kappa shape index (κ1) is 15.1. The van der Waals surface area contributed by atoms with Gasteiger partial charge in [-0.25, -0.2) is 0 Å². The molecule has 3 heteroatoms. The molecule has 0 spiro atoms. The molecule has 0 bridgehead atoms. The van der Waals surface area contributed by atoms with Crippen LogP contribution in [0.1, 0.15) is 65.7 Å². The molecule has 1 N–H and O–H groups in total. The quantitative estimate of drug-likeness (QED) is 0.616. The van der Waals surface area contributed by atoms with Crippen LogP contribution in [0.5, 0.6) is 0 Å². The minimum Gasteiger partial charge on any atom is -0.346 e. The van der Waals surface area contributed by atoms with Crippen molar-refractivity contribution in [3.05, 3.63) is 0 Å². The fourth-order valence-corrected chi connectivity index (χ4v) is 1.65.